The van der Waals surface area contributed by atoms with Crippen molar-refractivity contribution in [1.82, 2.24) is 10.3 Å². The van der Waals surface area contributed by atoms with Crippen molar-refractivity contribution < 1.29 is 0 Å². The van der Waals surface area contributed by atoms with Crippen LogP contribution in [0.25, 0.3) is 60.0 Å². The van der Waals surface area contributed by atoms with Gasteiger partial charge < -0.3 is 5.32 Å². The van der Waals surface area contributed by atoms with E-state index in [-0.39, 0.29) is 5.92 Å². The quantitative estimate of drug-likeness (QED) is 0.204. The molecule has 0 bridgehead atoms. The molecule has 1 aliphatic rings. The molecule has 0 aliphatic carbocycles. The van der Waals surface area contributed by atoms with Gasteiger partial charge in [0.1, 0.15) is 5.84 Å². The number of hydrogen-bond donors (Lipinski definition) is 1. The normalized spacial score (nSPS) is 14.9. The second-order valence-electron chi connectivity index (χ2n) is 12.2. The van der Waals surface area contributed by atoms with Crippen LogP contribution in [0, 0.1) is 0 Å². The van der Waals surface area contributed by atoms with Gasteiger partial charge in [-0.3, -0.25) is 9.98 Å². The molecule has 47 heavy (non-hydrogen) atoms. The highest BCUT2D eigenvalue weighted by Gasteiger charge is 2.22. The molecule has 9 rings (SSSR count). The van der Waals surface area contributed by atoms with Crippen molar-refractivity contribution in [3.8, 4) is 11.3 Å². The van der Waals surface area contributed by atoms with Crippen molar-refractivity contribution in [3.05, 3.63) is 181 Å². The molecule has 1 atom stereocenters. The lowest BCUT2D eigenvalue weighted by Crippen LogP contribution is -2.22. The highest BCUT2D eigenvalue weighted by molar-refractivity contribution is 6.14. The summed E-state index contributed by atoms with van der Waals surface area (Å²) >= 11 is 0. The van der Waals surface area contributed by atoms with Crippen molar-refractivity contribution >= 4 is 54.6 Å². The zero-order valence-electron chi connectivity index (χ0n) is 25.8. The number of pyridine rings is 1. The number of aliphatic imine (C=N–C) groups is 1. The summed E-state index contributed by atoms with van der Waals surface area (Å²) in [6, 6.07) is 54.2. The van der Waals surface area contributed by atoms with E-state index >= 15 is 0 Å². The van der Waals surface area contributed by atoms with E-state index in [4.69, 9.17) is 4.99 Å². The molecule has 3 heteroatoms. The van der Waals surface area contributed by atoms with Gasteiger partial charge in [0, 0.05) is 34.5 Å². The lowest BCUT2D eigenvalue weighted by atomic mass is 9.88. The van der Waals surface area contributed by atoms with E-state index in [1.54, 1.807) is 0 Å². The first-order valence-corrected chi connectivity index (χ1v) is 16.2. The van der Waals surface area contributed by atoms with Gasteiger partial charge in [0.25, 0.3) is 0 Å². The van der Waals surface area contributed by atoms with Crippen molar-refractivity contribution in [2.75, 3.05) is 6.54 Å². The van der Waals surface area contributed by atoms with Crippen LogP contribution in [-0.2, 0) is 0 Å². The molecule has 1 N–H and O–H groups in total. The summed E-state index contributed by atoms with van der Waals surface area (Å²) in [7, 11) is 0. The molecule has 8 aromatic rings. The molecule has 0 saturated carbocycles. The maximum absolute atomic E-state index is 5.30. The topological polar surface area (TPSA) is 37.3 Å². The molecule has 0 spiro atoms. The summed E-state index contributed by atoms with van der Waals surface area (Å²) in [6.45, 7) is 0.627. The van der Waals surface area contributed by atoms with Crippen LogP contribution in [0.4, 0.5) is 0 Å². The van der Waals surface area contributed by atoms with Crippen molar-refractivity contribution in [2.45, 2.75) is 5.92 Å². The molecule has 7 aromatic carbocycles. The lowest BCUT2D eigenvalue weighted by molar-refractivity contribution is 0.865. The van der Waals surface area contributed by atoms with Crippen molar-refractivity contribution in [2.24, 2.45) is 4.99 Å². The number of nitrogens with one attached hydrogen (secondary N) is 1. The smallest absolute Gasteiger partial charge is 0.132 e. The van der Waals surface area contributed by atoms with Crippen LogP contribution in [-0.4, -0.2) is 17.4 Å². The fraction of sp³-hybridized carbons (Fsp3) is 0.0455. The first-order valence-electron chi connectivity index (χ1n) is 16.2. The first kappa shape index (κ1) is 27.3. The van der Waals surface area contributed by atoms with Gasteiger partial charge in [-0.25, -0.2) is 0 Å². The largest absolute Gasteiger partial charge is 0.340 e. The maximum Gasteiger partial charge on any atom is 0.132 e. The number of nitrogens with zero attached hydrogens (tertiary/aromatic N) is 2. The van der Waals surface area contributed by atoms with Gasteiger partial charge in [-0.2, -0.15) is 0 Å². The zero-order chi connectivity index (χ0) is 31.2. The predicted molar refractivity (Wildman–Crippen MR) is 198 cm³/mol. The Morgan fingerprint density at radius 1 is 0.511 bits per heavy atom. The Morgan fingerprint density at radius 2 is 1.09 bits per heavy atom. The van der Waals surface area contributed by atoms with Gasteiger partial charge in [-0.05, 0) is 72.9 Å². The highest BCUT2D eigenvalue weighted by Crippen LogP contribution is 2.38. The van der Waals surface area contributed by atoms with Gasteiger partial charge in [-0.1, -0.05) is 133 Å². The van der Waals surface area contributed by atoms with Gasteiger partial charge >= 0.3 is 0 Å². The molecule has 3 nitrogen and oxygen atoms in total. The molecular formula is C44H31N3. The molecule has 1 aromatic heterocycles. The van der Waals surface area contributed by atoms with Gasteiger partial charge in [0.05, 0.1) is 12.2 Å². The Hall–Kier alpha value is -6.06. The number of fused-ring (bicyclic) bond motifs is 6. The van der Waals surface area contributed by atoms with E-state index in [1.165, 1.54) is 54.2 Å². The van der Waals surface area contributed by atoms with E-state index in [1.807, 2.05) is 24.4 Å². The number of benzene rings is 7. The third-order valence-electron chi connectivity index (χ3n) is 9.44. The fourth-order valence-corrected chi connectivity index (χ4v) is 7.16. The third kappa shape index (κ3) is 4.84. The Balaban J connectivity index is 1.25. The zero-order valence-corrected chi connectivity index (χ0v) is 25.8. The Labute approximate surface area is 273 Å². The lowest BCUT2D eigenvalue weighted by Gasteiger charge is -2.18. The standard InChI is InChI=1S/C44H31N3/c1-3-13-34-31(11-1)25-40(38-17-7-5-15-36(34)38)33-27-43(41-26-32-12-2-4-14-35(32)37-16-6-8-18-39(37)41)47-44(46-28-33)30-22-20-29(21-23-30)42-19-9-10-24-45-42/h1-27,33H,28H2,(H,46,47). The summed E-state index contributed by atoms with van der Waals surface area (Å²) in [5.74, 6) is 0.927. The second kappa shape index (κ2) is 11.4. The number of amidine groups is 1. The molecule has 1 aliphatic heterocycles. The third-order valence-corrected chi connectivity index (χ3v) is 9.44. The van der Waals surface area contributed by atoms with Crippen molar-refractivity contribution in [3.63, 3.8) is 0 Å². The summed E-state index contributed by atoms with van der Waals surface area (Å²) in [6.07, 6.45) is 4.24. The molecule has 1 unspecified atom stereocenters. The van der Waals surface area contributed by atoms with Crippen LogP contribution in [0.15, 0.2) is 169 Å². The fourth-order valence-electron chi connectivity index (χ4n) is 7.16. The van der Waals surface area contributed by atoms with Crippen molar-refractivity contribution in [1.29, 1.82) is 0 Å². The summed E-state index contributed by atoms with van der Waals surface area (Å²) in [4.78, 5) is 9.84. The second-order valence-corrected chi connectivity index (χ2v) is 12.2. The molecule has 0 radical (unpaired) electrons. The van der Waals surface area contributed by atoms with Gasteiger partial charge in [0.2, 0.25) is 0 Å². The van der Waals surface area contributed by atoms with Crippen LogP contribution in [0.2, 0.25) is 0 Å². The minimum absolute atomic E-state index is 0.0579. The average molecular weight is 602 g/mol. The van der Waals surface area contributed by atoms with Gasteiger partial charge in [-0.15, -0.1) is 0 Å². The van der Waals surface area contributed by atoms with E-state index in [9.17, 15) is 0 Å². The molecule has 2 heterocycles. The van der Waals surface area contributed by atoms with Crippen LogP contribution < -0.4 is 5.32 Å². The molecule has 0 fully saturated rings. The minimum atomic E-state index is 0.0579. The van der Waals surface area contributed by atoms with E-state index in [0.717, 1.165) is 28.4 Å². The Morgan fingerprint density at radius 3 is 1.79 bits per heavy atom. The number of aromatic nitrogens is 1. The molecule has 0 saturated heterocycles. The molecule has 0 amide bonds. The number of hydrogen-bond acceptors (Lipinski definition) is 3. The Kier molecular flexibility index (Phi) is 6.60. The molecular weight excluding hydrogens is 571 g/mol. The van der Waals surface area contributed by atoms with Crippen LogP contribution in [0.1, 0.15) is 22.6 Å². The van der Waals surface area contributed by atoms with E-state index in [0.29, 0.717) is 6.54 Å². The Bertz CT molecular complexity index is 2510. The maximum atomic E-state index is 5.30. The van der Waals surface area contributed by atoms with Crippen LogP contribution in [0.3, 0.4) is 0 Å². The minimum Gasteiger partial charge on any atom is -0.340 e. The van der Waals surface area contributed by atoms with Crippen LogP contribution >= 0.6 is 0 Å². The van der Waals surface area contributed by atoms with Gasteiger partial charge in [0.15, 0.2) is 0 Å². The summed E-state index contributed by atoms with van der Waals surface area (Å²) < 4.78 is 0. The predicted octanol–water partition coefficient (Wildman–Crippen LogP) is 10.5. The van der Waals surface area contributed by atoms with E-state index < -0.39 is 0 Å². The summed E-state index contributed by atoms with van der Waals surface area (Å²) in [5.41, 5.74) is 6.62. The number of rotatable bonds is 4. The molecule has 222 valence electrons. The highest BCUT2D eigenvalue weighted by atomic mass is 15.0. The van der Waals surface area contributed by atoms with Crippen LogP contribution in [0.5, 0.6) is 0 Å². The first-order chi connectivity index (χ1) is 23.3. The summed E-state index contributed by atoms with van der Waals surface area (Å²) in [5, 5.41) is 13.9. The monoisotopic (exact) mass is 601 g/mol. The van der Waals surface area contributed by atoms with E-state index in [2.05, 4.69) is 150 Å². The average Bonchev–Trinajstić information content (AvgIpc) is 3.38. The SMILES string of the molecule is C1=C(c2cc3ccccc3c3ccccc23)NC(c2ccc(-c3ccccn3)cc2)=NCC1c1cc2ccccc2c2ccccc12.